The lowest BCUT2D eigenvalue weighted by Crippen LogP contribution is -1.94. The molecule has 1 aromatic carbocycles. The average molecular weight is 219 g/mol. The van der Waals surface area contributed by atoms with Crippen LogP contribution in [0.15, 0.2) is 24.4 Å². The van der Waals surface area contributed by atoms with Crippen LogP contribution in [-0.2, 0) is 12.8 Å². The summed E-state index contributed by atoms with van der Waals surface area (Å²) in [5.74, 6) is 0.700. The van der Waals surface area contributed by atoms with E-state index in [0.29, 0.717) is 12.2 Å². The zero-order valence-corrected chi connectivity index (χ0v) is 8.97. The molecule has 0 aliphatic rings. The molecule has 0 aliphatic heterocycles. The molecule has 1 aromatic heterocycles. The second kappa shape index (κ2) is 4.65. The lowest BCUT2D eigenvalue weighted by molar-refractivity contribution is 0.370. The first-order valence-corrected chi connectivity index (χ1v) is 5.00. The molecular formula is C11H13N3O2. The van der Waals surface area contributed by atoms with Gasteiger partial charge in [0, 0.05) is 0 Å². The van der Waals surface area contributed by atoms with Crippen LogP contribution in [-0.4, -0.2) is 27.6 Å². The minimum absolute atomic E-state index is 0.202. The number of phenols is 1. The van der Waals surface area contributed by atoms with Crippen molar-refractivity contribution in [3.8, 4) is 11.5 Å². The Hall–Kier alpha value is -2.04. The number of nitrogens with one attached hydrogen (secondary N) is 1. The molecule has 0 saturated carbocycles. The summed E-state index contributed by atoms with van der Waals surface area (Å²) in [4.78, 5) is 0. The zero-order valence-electron chi connectivity index (χ0n) is 8.97. The van der Waals surface area contributed by atoms with Crippen molar-refractivity contribution in [3.05, 3.63) is 35.7 Å². The van der Waals surface area contributed by atoms with Gasteiger partial charge in [0.2, 0.25) is 0 Å². The van der Waals surface area contributed by atoms with Crippen LogP contribution in [0.3, 0.4) is 0 Å². The minimum Gasteiger partial charge on any atom is -0.504 e. The maximum absolute atomic E-state index is 9.85. The van der Waals surface area contributed by atoms with Crippen LogP contribution >= 0.6 is 0 Å². The van der Waals surface area contributed by atoms with Crippen LogP contribution in [0.2, 0.25) is 0 Å². The first kappa shape index (κ1) is 10.5. The second-order valence-corrected chi connectivity index (χ2v) is 3.43. The number of methoxy groups -OCH3 is 1. The van der Waals surface area contributed by atoms with Gasteiger partial charge in [0.05, 0.1) is 19.0 Å². The Morgan fingerprint density at radius 3 is 2.94 bits per heavy atom. The van der Waals surface area contributed by atoms with Crippen molar-refractivity contribution in [2.45, 2.75) is 12.8 Å². The number of aromatic nitrogens is 3. The molecule has 2 aromatic rings. The van der Waals surface area contributed by atoms with Crippen molar-refractivity contribution in [1.82, 2.24) is 15.4 Å². The average Bonchev–Trinajstić information content (AvgIpc) is 2.81. The maximum atomic E-state index is 9.85. The number of hydrogen-bond acceptors (Lipinski definition) is 4. The molecule has 0 bridgehead atoms. The number of aromatic amines is 1. The van der Waals surface area contributed by atoms with Crippen molar-refractivity contribution in [2.75, 3.05) is 7.11 Å². The van der Waals surface area contributed by atoms with Crippen LogP contribution < -0.4 is 4.74 Å². The Morgan fingerprint density at radius 1 is 1.38 bits per heavy atom. The summed E-state index contributed by atoms with van der Waals surface area (Å²) in [7, 11) is 1.54. The molecule has 84 valence electrons. The van der Waals surface area contributed by atoms with Gasteiger partial charge in [-0.3, -0.25) is 0 Å². The predicted octanol–water partition coefficient (Wildman–Crippen LogP) is 1.30. The smallest absolute Gasteiger partial charge is 0.160 e. The summed E-state index contributed by atoms with van der Waals surface area (Å²) in [6.45, 7) is 0. The quantitative estimate of drug-likeness (QED) is 0.813. The molecular weight excluding hydrogens is 206 g/mol. The number of aryl methyl sites for hydroxylation is 2. The third-order valence-corrected chi connectivity index (χ3v) is 2.42. The van der Waals surface area contributed by atoms with Crippen molar-refractivity contribution in [1.29, 1.82) is 0 Å². The molecule has 0 aliphatic carbocycles. The van der Waals surface area contributed by atoms with E-state index in [0.717, 1.165) is 17.7 Å². The van der Waals surface area contributed by atoms with Crippen LogP contribution in [0.1, 0.15) is 11.3 Å². The van der Waals surface area contributed by atoms with Crippen LogP contribution in [0.5, 0.6) is 11.5 Å². The third-order valence-electron chi connectivity index (χ3n) is 2.42. The number of nitrogens with zero attached hydrogens (tertiary/aromatic N) is 2. The second-order valence-electron chi connectivity index (χ2n) is 3.43. The summed E-state index contributed by atoms with van der Waals surface area (Å²) in [6, 6.07) is 5.46. The SMILES string of the molecule is COc1cccc(CCc2cn[nH]n2)c1O. The maximum Gasteiger partial charge on any atom is 0.160 e. The predicted molar refractivity (Wildman–Crippen MR) is 58.4 cm³/mol. The minimum atomic E-state index is 0.202. The lowest BCUT2D eigenvalue weighted by atomic mass is 10.1. The molecule has 1 heterocycles. The van der Waals surface area contributed by atoms with E-state index < -0.39 is 0 Å². The van der Waals surface area contributed by atoms with E-state index in [4.69, 9.17) is 4.74 Å². The molecule has 5 heteroatoms. The Labute approximate surface area is 93.1 Å². The first-order valence-electron chi connectivity index (χ1n) is 5.00. The summed E-state index contributed by atoms with van der Waals surface area (Å²) in [5.41, 5.74) is 1.73. The normalized spacial score (nSPS) is 10.3. The highest BCUT2D eigenvalue weighted by molar-refractivity contribution is 5.45. The summed E-state index contributed by atoms with van der Waals surface area (Å²) >= 11 is 0. The monoisotopic (exact) mass is 219 g/mol. The van der Waals surface area contributed by atoms with Gasteiger partial charge in [-0.1, -0.05) is 12.1 Å². The van der Waals surface area contributed by atoms with E-state index in [1.165, 1.54) is 7.11 Å². The number of aromatic hydroxyl groups is 1. The molecule has 0 fully saturated rings. The van der Waals surface area contributed by atoms with Gasteiger partial charge in [0.25, 0.3) is 0 Å². The van der Waals surface area contributed by atoms with Gasteiger partial charge in [-0.05, 0) is 24.5 Å². The number of rotatable bonds is 4. The first-order chi connectivity index (χ1) is 7.81. The van der Waals surface area contributed by atoms with E-state index in [9.17, 15) is 5.11 Å². The molecule has 0 atom stereocenters. The van der Waals surface area contributed by atoms with Gasteiger partial charge in [-0.2, -0.15) is 15.4 Å². The molecule has 16 heavy (non-hydrogen) atoms. The molecule has 0 saturated heterocycles. The van der Waals surface area contributed by atoms with Crippen LogP contribution in [0.4, 0.5) is 0 Å². The standard InChI is InChI=1S/C11H13N3O2/c1-16-10-4-2-3-8(11(10)15)5-6-9-7-12-14-13-9/h2-4,7,15H,5-6H2,1H3,(H,12,13,14). The fourth-order valence-electron chi connectivity index (χ4n) is 1.54. The molecule has 2 rings (SSSR count). The largest absolute Gasteiger partial charge is 0.504 e. The van der Waals surface area contributed by atoms with Gasteiger partial charge in [0.15, 0.2) is 11.5 Å². The molecule has 0 unspecified atom stereocenters. The number of ether oxygens (including phenoxy) is 1. The molecule has 0 radical (unpaired) electrons. The van der Waals surface area contributed by atoms with Gasteiger partial charge in [0.1, 0.15) is 0 Å². The highest BCUT2D eigenvalue weighted by Crippen LogP contribution is 2.29. The van der Waals surface area contributed by atoms with Gasteiger partial charge >= 0.3 is 0 Å². The number of benzene rings is 1. The van der Waals surface area contributed by atoms with E-state index >= 15 is 0 Å². The molecule has 5 nitrogen and oxygen atoms in total. The number of para-hydroxylation sites is 1. The van der Waals surface area contributed by atoms with E-state index in [2.05, 4.69) is 15.4 Å². The number of hydrogen-bond donors (Lipinski definition) is 2. The van der Waals surface area contributed by atoms with Crippen molar-refractivity contribution < 1.29 is 9.84 Å². The topological polar surface area (TPSA) is 71.0 Å². The Kier molecular flexibility index (Phi) is 3.05. The van der Waals surface area contributed by atoms with Gasteiger partial charge in [-0.15, -0.1) is 0 Å². The van der Waals surface area contributed by atoms with Gasteiger partial charge in [-0.25, -0.2) is 0 Å². The van der Waals surface area contributed by atoms with Gasteiger partial charge < -0.3 is 9.84 Å². The highest BCUT2D eigenvalue weighted by Gasteiger charge is 2.07. The van der Waals surface area contributed by atoms with Crippen LogP contribution in [0.25, 0.3) is 0 Å². The Morgan fingerprint density at radius 2 is 2.25 bits per heavy atom. The summed E-state index contributed by atoms with van der Waals surface area (Å²) in [6.07, 6.45) is 3.12. The number of phenolic OH excluding ortho intramolecular Hbond substituents is 1. The fourth-order valence-corrected chi connectivity index (χ4v) is 1.54. The Bertz CT molecular complexity index is 454. The third kappa shape index (κ3) is 2.13. The van der Waals surface area contributed by atoms with E-state index in [-0.39, 0.29) is 5.75 Å². The number of H-pyrrole nitrogens is 1. The fraction of sp³-hybridized carbons (Fsp3) is 0.273. The molecule has 2 N–H and O–H groups in total. The molecule has 0 amide bonds. The van der Waals surface area contributed by atoms with Crippen molar-refractivity contribution in [3.63, 3.8) is 0 Å². The van der Waals surface area contributed by atoms with Crippen LogP contribution in [0, 0.1) is 0 Å². The summed E-state index contributed by atoms with van der Waals surface area (Å²) < 4.78 is 5.04. The Balaban J connectivity index is 2.09. The van der Waals surface area contributed by atoms with E-state index in [1.807, 2.05) is 12.1 Å². The lowest BCUT2D eigenvalue weighted by Gasteiger charge is -2.07. The van der Waals surface area contributed by atoms with E-state index in [1.54, 1.807) is 12.3 Å². The molecule has 0 spiro atoms. The summed E-state index contributed by atoms with van der Waals surface area (Å²) in [5, 5.41) is 20.1. The van der Waals surface area contributed by atoms with Crippen molar-refractivity contribution >= 4 is 0 Å². The highest BCUT2D eigenvalue weighted by atomic mass is 16.5. The zero-order chi connectivity index (χ0) is 11.4. The van der Waals surface area contributed by atoms with Crippen molar-refractivity contribution in [2.24, 2.45) is 0 Å².